The Balaban J connectivity index is 0.000000771. The summed E-state index contributed by atoms with van der Waals surface area (Å²) in [6, 6.07) is 5.74. The molecule has 1 atom stereocenters. The standard InChI is InChI=1S/C12H17N3O.C2H6/c1-15(2)7-10-5-8-3-4-9(13)6-11(8)12(16)14-10;1-2/h3-4,6,10H,5,7,13H2,1-2H3,(H,14,16);1-2H3. The van der Waals surface area contributed by atoms with Crippen molar-refractivity contribution in [1.82, 2.24) is 10.2 Å². The van der Waals surface area contributed by atoms with Crippen LogP contribution in [0, 0.1) is 0 Å². The van der Waals surface area contributed by atoms with Gasteiger partial charge in [-0.2, -0.15) is 0 Å². The average molecular weight is 249 g/mol. The van der Waals surface area contributed by atoms with Gasteiger partial charge in [0.2, 0.25) is 0 Å². The molecule has 0 fully saturated rings. The summed E-state index contributed by atoms with van der Waals surface area (Å²) in [5, 5.41) is 2.99. The first kappa shape index (κ1) is 14.5. The van der Waals surface area contributed by atoms with Crippen molar-refractivity contribution in [2.75, 3.05) is 26.4 Å². The van der Waals surface area contributed by atoms with E-state index < -0.39 is 0 Å². The van der Waals surface area contributed by atoms with E-state index >= 15 is 0 Å². The molecule has 1 aromatic carbocycles. The van der Waals surface area contributed by atoms with E-state index in [0.29, 0.717) is 5.69 Å². The Labute approximate surface area is 109 Å². The van der Waals surface area contributed by atoms with E-state index in [1.165, 1.54) is 0 Å². The van der Waals surface area contributed by atoms with E-state index in [-0.39, 0.29) is 11.9 Å². The maximum Gasteiger partial charge on any atom is 0.251 e. The smallest absolute Gasteiger partial charge is 0.251 e. The summed E-state index contributed by atoms with van der Waals surface area (Å²) >= 11 is 0. The third-order valence-corrected chi connectivity index (χ3v) is 2.77. The van der Waals surface area contributed by atoms with Gasteiger partial charge in [-0.05, 0) is 38.2 Å². The maximum absolute atomic E-state index is 11.8. The van der Waals surface area contributed by atoms with Gasteiger partial charge >= 0.3 is 0 Å². The van der Waals surface area contributed by atoms with Crippen molar-refractivity contribution >= 4 is 11.6 Å². The molecule has 1 amide bonds. The lowest BCUT2D eigenvalue weighted by Crippen LogP contribution is -2.46. The molecule has 0 radical (unpaired) electrons. The second-order valence-corrected chi connectivity index (χ2v) is 4.55. The third kappa shape index (κ3) is 3.47. The second kappa shape index (κ2) is 6.40. The fourth-order valence-corrected chi connectivity index (χ4v) is 2.11. The minimum atomic E-state index is -0.0135. The lowest BCUT2D eigenvalue weighted by molar-refractivity contribution is 0.0917. The first-order valence-electron chi connectivity index (χ1n) is 6.40. The molecular weight excluding hydrogens is 226 g/mol. The van der Waals surface area contributed by atoms with Gasteiger partial charge in [-0.1, -0.05) is 19.9 Å². The molecule has 1 heterocycles. The molecule has 1 aromatic rings. The molecule has 0 saturated heterocycles. The minimum Gasteiger partial charge on any atom is -0.399 e. The van der Waals surface area contributed by atoms with Gasteiger partial charge in [0.1, 0.15) is 0 Å². The Morgan fingerprint density at radius 2 is 2.06 bits per heavy atom. The number of hydrogen-bond donors (Lipinski definition) is 2. The van der Waals surface area contributed by atoms with Crippen LogP contribution >= 0.6 is 0 Å². The molecule has 4 heteroatoms. The molecule has 0 aromatic heterocycles. The Morgan fingerprint density at radius 3 is 2.67 bits per heavy atom. The maximum atomic E-state index is 11.8. The summed E-state index contributed by atoms with van der Waals surface area (Å²) in [6.07, 6.45) is 0.875. The summed E-state index contributed by atoms with van der Waals surface area (Å²) in [5.74, 6) is -0.0135. The van der Waals surface area contributed by atoms with Crippen LogP contribution in [0.2, 0.25) is 0 Å². The first-order valence-corrected chi connectivity index (χ1v) is 6.40. The number of hydrogen-bond acceptors (Lipinski definition) is 3. The Morgan fingerprint density at radius 1 is 1.39 bits per heavy atom. The normalized spacial score (nSPS) is 17.6. The number of benzene rings is 1. The van der Waals surface area contributed by atoms with Gasteiger partial charge in [-0.15, -0.1) is 0 Å². The lowest BCUT2D eigenvalue weighted by Gasteiger charge is -2.28. The van der Waals surface area contributed by atoms with Gasteiger partial charge in [0.25, 0.3) is 5.91 Å². The summed E-state index contributed by atoms with van der Waals surface area (Å²) in [4.78, 5) is 13.9. The first-order chi connectivity index (χ1) is 8.56. The van der Waals surface area contributed by atoms with E-state index in [0.717, 1.165) is 24.1 Å². The van der Waals surface area contributed by atoms with Crippen LogP contribution in [0.1, 0.15) is 29.8 Å². The molecule has 0 spiro atoms. The summed E-state index contributed by atoms with van der Waals surface area (Å²) in [5.41, 5.74) is 8.12. The highest BCUT2D eigenvalue weighted by Crippen LogP contribution is 2.19. The molecule has 3 N–H and O–H groups in total. The molecule has 2 rings (SSSR count). The van der Waals surface area contributed by atoms with E-state index in [1.807, 2.05) is 40.1 Å². The quantitative estimate of drug-likeness (QED) is 0.781. The average Bonchev–Trinajstić information content (AvgIpc) is 2.32. The Kier molecular flexibility index (Phi) is 5.16. The molecule has 0 saturated carbocycles. The Bertz CT molecular complexity index is 416. The van der Waals surface area contributed by atoms with Gasteiger partial charge in [0, 0.05) is 23.8 Å². The fraction of sp³-hybridized carbons (Fsp3) is 0.500. The van der Waals surface area contributed by atoms with Crippen LogP contribution in [0.4, 0.5) is 5.69 Å². The molecule has 18 heavy (non-hydrogen) atoms. The molecule has 1 unspecified atom stereocenters. The van der Waals surface area contributed by atoms with Gasteiger partial charge in [0.15, 0.2) is 0 Å². The number of rotatable bonds is 2. The topological polar surface area (TPSA) is 58.4 Å². The van der Waals surface area contributed by atoms with Crippen LogP contribution in [0.3, 0.4) is 0 Å². The number of nitrogens with one attached hydrogen (secondary N) is 1. The molecule has 4 nitrogen and oxygen atoms in total. The number of likely N-dealkylation sites (N-methyl/N-ethyl adjacent to an activating group) is 1. The van der Waals surface area contributed by atoms with Gasteiger partial charge in [0.05, 0.1) is 0 Å². The SMILES string of the molecule is CC.CN(C)CC1Cc2ccc(N)cc2C(=O)N1. The number of amides is 1. The lowest BCUT2D eigenvalue weighted by atomic mass is 9.94. The zero-order valence-corrected chi connectivity index (χ0v) is 11.7. The molecule has 1 aliphatic rings. The number of carbonyl (C=O) groups is 1. The van der Waals surface area contributed by atoms with Crippen LogP contribution in [-0.4, -0.2) is 37.5 Å². The van der Waals surface area contributed by atoms with Crippen molar-refractivity contribution in [3.8, 4) is 0 Å². The summed E-state index contributed by atoms with van der Waals surface area (Å²) < 4.78 is 0. The van der Waals surface area contributed by atoms with Gasteiger partial charge in [-0.3, -0.25) is 4.79 Å². The highest BCUT2D eigenvalue weighted by atomic mass is 16.1. The molecule has 1 aliphatic heterocycles. The number of anilines is 1. The number of nitrogen functional groups attached to an aromatic ring is 1. The monoisotopic (exact) mass is 249 g/mol. The third-order valence-electron chi connectivity index (χ3n) is 2.77. The predicted octanol–water partition coefficient (Wildman–Crippen LogP) is 1.51. The van der Waals surface area contributed by atoms with Crippen molar-refractivity contribution in [2.45, 2.75) is 26.3 Å². The highest BCUT2D eigenvalue weighted by molar-refractivity contribution is 5.97. The summed E-state index contributed by atoms with van der Waals surface area (Å²) in [6.45, 7) is 4.86. The zero-order chi connectivity index (χ0) is 13.7. The zero-order valence-electron chi connectivity index (χ0n) is 11.7. The second-order valence-electron chi connectivity index (χ2n) is 4.55. The van der Waals surface area contributed by atoms with E-state index in [4.69, 9.17) is 5.73 Å². The van der Waals surface area contributed by atoms with Crippen molar-refractivity contribution in [1.29, 1.82) is 0 Å². The van der Waals surface area contributed by atoms with E-state index in [1.54, 1.807) is 6.07 Å². The number of carbonyl (C=O) groups excluding carboxylic acids is 1. The summed E-state index contributed by atoms with van der Waals surface area (Å²) in [7, 11) is 4.01. The Hall–Kier alpha value is -1.55. The molecule has 0 bridgehead atoms. The molecule has 100 valence electrons. The molecule has 0 aliphatic carbocycles. The van der Waals surface area contributed by atoms with Crippen molar-refractivity contribution < 1.29 is 4.79 Å². The fourth-order valence-electron chi connectivity index (χ4n) is 2.11. The molecular formula is C14H23N3O. The van der Waals surface area contributed by atoms with Gasteiger partial charge in [-0.25, -0.2) is 0 Å². The highest BCUT2D eigenvalue weighted by Gasteiger charge is 2.24. The van der Waals surface area contributed by atoms with Gasteiger partial charge < -0.3 is 16.0 Å². The minimum absolute atomic E-state index is 0.0135. The largest absolute Gasteiger partial charge is 0.399 e. The van der Waals surface area contributed by atoms with E-state index in [9.17, 15) is 4.79 Å². The van der Waals surface area contributed by atoms with Crippen molar-refractivity contribution in [3.63, 3.8) is 0 Å². The van der Waals surface area contributed by atoms with Crippen molar-refractivity contribution in [3.05, 3.63) is 29.3 Å². The van der Waals surface area contributed by atoms with Crippen LogP contribution < -0.4 is 11.1 Å². The number of fused-ring (bicyclic) bond motifs is 1. The van der Waals surface area contributed by atoms with Crippen LogP contribution in [0.5, 0.6) is 0 Å². The number of nitrogens with zero attached hydrogens (tertiary/aromatic N) is 1. The van der Waals surface area contributed by atoms with Crippen LogP contribution in [0.15, 0.2) is 18.2 Å². The van der Waals surface area contributed by atoms with E-state index in [2.05, 4.69) is 10.2 Å². The van der Waals surface area contributed by atoms with Crippen LogP contribution in [-0.2, 0) is 6.42 Å². The number of nitrogens with two attached hydrogens (primary N) is 1. The van der Waals surface area contributed by atoms with Crippen molar-refractivity contribution in [2.24, 2.45) is 0 Å². The van der Waals surface area contributed by atoms with Crippen LogP contribution in [0.25, 0.3) is 0 Å². The predicted molar refractivity (Wildman–Crippen MR) is 75.7 cm³/mol.